The Morgan fingerprint density at radius 2 is 2.05 bits per heavy atom. The molecule has 3 unspecified atom stereocenters. The van der Waals surface area contributed by atoms with Gasteiger partial charge in [0.2, 0.25) is 0 Å². The fourth-order valence-electron chi connectivity index (χ4n) is 3.22. The first-order chi connectivity index (χ1) is 9.70. The summed E-state index contributed by atoms with van der Waals surface area (Å²) in [6.45, 7) is 2.26. The Bertz CT molecular complexity index is 416. The van der Waals surface area contributed by atoms with Crippen LogP contribution in [-0.2, 0) is 16.0 Å². The minimum Gasteiger partial charge on any atom is -0.466 e. The first kappa shape index (κ1) is 15.0. The normalized spacial score (nSPS) is 25.6. The number of hydrogen-bond donors (Lipinski definition) is 1. The van der Waals surface area contributed by atoms with Gasteiger partial charge in [-0.2, -0.15) is 0 Å². The van der Waals surface area contributed by atoms with Crippen LogP contribution in [0.4, 0.5) is 0 Å². The van der Waals surface area contributed by atoms with Gasteiger partial charge in [0.05, 0.1) is 12.7 Å². The number of carbonyl (C=O) groups excluding carboxylic acids is 1. The van der Waals surface area contributed by atoms with E-state index in [1.165, 1.54) is 5.56 Å². The Labute approximate surface area is 121 Å². The zero-order chi connectivity index (χ0) is 14.4. The van der Waals surface area contributed by atoms with Crippen LogP contribution in [0, 0.1) is 11.8 Å². The molecule has 1 fully saturated rings. The largest absolute Gasteiger partial charge is 0.466 e. The summed E-state index contributed by atoms with van der Waals surface area (Å²) in [5, 5.41) is 10.1. The molecule has 20 heavy (non-hydrogen) atoms. The molecular formula is C17H24O3. The van der Waals surface area contributed by atoms with Crippen LogP contribution in [0.15, 0.2) is 30.3 Å². The smallest absolute Gasteiger partial charge is 0.306 e. The summed E-state index contributed by atoms with van der Waals surface area (Å²) < 4.78 is 5.03. The van der Waals surface area contributed by atoms with Gasteiger partial charge in [-0.25, -0.2) is 0 Å². The number of benzene rings is 1. The summed E-state index contributed by atoms with van der Waals surface area (Å²) in [7, 11) is 0. The predicted octanol–water partition coefficient (Wildman–Crippen LogP) is 2.96. The van der Waals surface area contributed by atoms with Crippen LogP contribution in [0.5, 0.6) is 0 Å². The van der Waals surface area contributed by atoms with Crippen LogP contribution in [0.25, 0.3) is 0 Å². The minimum absolute atomic E-state index is 0.128. The van der Waals surface area contributed by atoms with E-state index in [0.717, 1.165) is 25.7 Å². The maximum atomic E-state index is 11.6. The Kier molecular flexibility index (Phi) is 5.60. The van der Waals surface area contributed by atoms with Crippen LogP contribution < -0.4 is 0 Å². The van der Waals surface area contributed by atoms with Gasteiger partial charge in [-0.3, -0.25) is 4.79 Å². The number of rotatable bonds is 6. The van der Waals surface area contributed by atoms with Gasteiger partial charge in [0.15, 0.2) is 0 Å². The van der Waals surface area contributed by atoms with Crippen molar-refractivity contribution in [2.24, 2.45) is 11.8 Å². The lowest BCUT2D eigenvalue weighted by atomic mass is 9.87. The van der Waals surface area contributed by atoms with Crippen molar-refractivity contribution in [1.82, 2.24) is 0 Å². The number of aliphatic hydroxyl groups is 1. The van der Waals surface area contributed by atoms with Gasteiger partial charge in [0, 0.05) is 6.42 Å². The first-order valence-electron chi connectivity index (χ1n) is 7.58. The second-order valence-corrected chi connectivity index (χ2v) is 5.60. The molecule has 0 aliphatic heterocycles. The highest BCUT2D eigenvalue weighted by molar-refractivity contribution is 5.69. The van der Waals surface area contributed by atoms with E-state index in [1.54, 1.807) is 0 Å². The van der Waals surface area contributed by atoms with Crippen molar-refractivity contribution in [2.45, 2.75) is 45.1 Å². The molecule has 3 atom stereocenters. The van der Waals surface area contributed by atoms with Crippen LogP contribution in [0.3, 0.4) is 0 Å². The average Bonchev–Trinajstić information content (AvgIpc) is 2.78. The summed E-state index contributed by atoms with van der Waals surface area (Å²) in [5.41, 5.74) is 1.29. The number of esters is 1. The second-order valence-electron chi connectivity index (χ2n) is 5.60. The molecule has 1 aromatic rings. The molecule has 0 radical (unpaired) electrons. The molecule has 1 N–H and O–H groups in total. The van der Waals surface area contributed by atoms with Gasteiger partial charge in [0.25, 0.3) is 0 Å². The van der Waals surface area contributed by atoms with Gasteiger partial charge >= 0.3 is 5.97 Å². The van der Waals surface area contributed by atoms with Gasteiger partial charge < -0.3 is 9.84 Å². The maximum absolute atomic E-state index is 11.6. The molecule has 1 saturated carbocycles. The second kappa shape index (κ2) is 7.44. The lowest BCUT2D eigenvalue weighted by Gasteiger charge is -2.21. The summed E-state index contributed by atoms with van der Waals surface area (Å²) in [6, 6.07) is 10.3. The molecule has 1 aliphatic carbocycles. The molecule has 3 nitrogen and oxygen atoms in total. The highest BCUT2D eigenvalue weighted by atomic mass is 16.5. The highest BCUT2D eigenvalue weighted by Crippen LogP contribution is 2.37. The minimum atomic E-state index is -0.266. The van der Waals surface area contributed by atoms with E-state index in [0.29, 0.717) is 13.0 Å². The maximum Gasteiger partial charge on any atom is 0.306 e. The SMILES string of the molecule is CCOC(=O)CC1CCC(O)C1CCc1ccccc1. The molecule has 0 amide bonds. The first-order valence-corrected chi connectivity index (χ1v) is 7.58. The fraction of sp³-hybridized carbons (Fsp3) is 0.588. The Morgan fingerprint density at radius 1 is 1.30 bits per heavy atom. The zero-order valence-corrected chi connectivity index (χ0v) is 12.1. The van der Waals surface area contributed by atoms with Crippen LogP contribution in [0.2, 0.25) is 0 Å². The molecule has 2 rings (SSSR count). The molecule has 0 bridgehead atoms. The summed E-state index contributed by atoms with van der Waals surface area (Å²) in [5.74, 6) is 0.365. The monoisotopic (exact) mass is 276 g/mol. The third kappa shape index (κ3) is 4.07. The van der Waals surface area contributed by atoms with Crippen LogP contribution in [0.1, 0.15) is 38.2 Å². The molecule has 0 heterocycles. The number of aryl methyl sites for hydroxylation is 1. The lowest BCUT2D eigenvalue weighted by molar-refractivity contribution is -0.144. The summed E-state index contributed by atoms with van der Waals surface area (Å²) >= 11 is 0. The molecule has 3 heteroatoms. The topological polar surface area (TPSA) is 46.5 Å². The molecule has 0 saturated heterocycles. The van der Waals surface area contributed by atoms with E-state index in [9.17, 15) is 9.90 Å². The van der Waals surface area contributed by atoms with Gasteiger partial charge in [-0.15, -0.1) is 0 Å². The van der Waals surface area contributed by atoms with Crippen molar-refractivity contribution < 1.29 is 14.6 Å². The van der Waals surface area contributed by atoms with E-state index >= 15 is 0 Å². The van der Waals surface area contributed by atoms with Crippen molar-refractivity contribution in [3.8, 4) is 0 Å². The molecule has 1 aromatic carbocycles. The molecular weight excluding hydrogens is 252 g/mol. The van der Waals surface area contributed by atoms with Crippen molar-refractivity contribution in [3.63, 3.8) is 0 Å². The standard InChI is InChI=1S/C17H24O3/c1-2-20-17(19)12-14-9-11-16(18)15(14)10-8-13-6-4-3-5-7-13/h3-7,14-16,18H,2,8-12H2,1H3. The number of aliphatic hydroxyl groups excluding tert-OH is 1. The Morgan fingerprint density at radius 3 is 2.75 bits per heavy atom. The Balaban J connectivity index is 1.88. The van der Waals surface area contributed by atoms with E-state index in [2.05, 4.69) is 12.1 Å². The van der Waals surface area contributed by atoms with Crippen LogP contribution >= 0.6 is 0 Å². The number of carbonyl (C=O) groups is 1. The third-order valence-electron chi connectivity index (χ3n) is 4.28. The van der Waals surface area contributed by atoms with E-state index in [4.69, 9.17) is 4.74 Å². The number of ether oxygens (including phenoxy) is 1. The van der Waals surface area contributed by atoms with Crippen molar-refractivity contribution in [1.29, 1.82) is 0 Å². The number of hydrogen-bond acceptors (Lipinski definition) is 3. The third-order valence-corrected chi connectivity index (χ3v) is 4.28. The summed E-state index contributed by atoms with van der Waals surface area (Å²) in [4.78, 5) is 11.6. The van der Waals surface area contributed by atoms with Gasteiger partial charge in [0.1, 0.15) is 0 Å². The zero-order valence-electron chi connectivity index (χ0n) is 12.1. The fourth-order valence-corrected chi connectivity index (χ4v) is 3.22. The van der Waals surface area contributed by atoms with Gasteiger partial charge in [-0.1, -0.05) is 30.3 Å². The quantitative estimate of drug-likeness (QED) is 0.813. The van der Waals surface area contributed by atoms with Crippen molar-refractivity contribution in [3.05, 3.63) is 35.9 Å². The Hall–Kier alpha value is -1.35. The van der Waals surface area contributed by atoms with Crippen molar-refractivity contribution >= 4 is 5.97 Å². The molecule has 0 aromatic heterocycles. The van der Waals surface area contributed by atoms with Crippen molar-refractivity contribution in [2.75, 3.05) is 6.61 Å². The van der Waals surface area contributed by atoms with E-state index < -0.39 is 0 Å². The van der Waals surface area contributed by atoms with Gasteiger partial charge in [-0.05, 0) is 50.0 Å². The van der Waals surface area contributed by atoms with E-state index in [1.807, 2.05) is 25.1 Å². The average molecular weight is 276 g/mol. The molecule has 0 spiro atoms. The summed E-state index contributed by atoms with van der Waals surface area (Å²) in [6.07, 6.45) is 3.82. The molecule has 110 valence electrons. The highest BCUT2D eigenvalue weighted by Gasteiger charge is 2.35. The lowest BCUT2D eigenvalue weighted by Crippen LogP contribution is -2.22. The molecule has 1 aliphatic rings. The van der Waals surface area contributed by atoms with Crippen LogP contribution in [-0.4, -0.2) is 23.8 Å². The van der Waals surface area contributed by atoms with E-state index in [-0.39, 0.29) is 23.9 Å². The predicted molar refractivity (Wildman–Crippen MR) is 78.2 cm³/mol.